The molecule has 1 aromatic carbocycles. The molecule has 2 heteroatoms. The maximum Gasteiger partial charge on any atom is 0.0473 e. The predicted octanol–water partition coefficient (Wildman–Crippen LogP) is 2.88. The van der Waals surface area contributed by atoms with Gasteiger partial charge in [0, 0.05) is 30.4 Å². The van der Waals surface area contributed by atoms with Gasteiger partial charge in [0.1, 0.15) is 0 Å². The minimum atomic E-state index is 0.177. The van der Waals surface area contributed by atoms with Crippen LogP contribution in [-0.4, -0.2) is 24.7 Å². The van der Waals surface area contributed by atoms with Crippen LogP contribution in [0.25, 0.3) is 0 Å². The summed E-state index contributed by atoms with van der Waals surface area (Å²) in [5.41, 5.74) is 4.36. The summed E-state index contributed by atoms with van der Waals surface area (Å²) < 4.78 is 0. The molecule has 0 amide bonds. The molecular weight excluding hydrogens is 208 g/mol. The van der Waals surface area contributed by atoms with Crippen LogP contribution < -0.4 is 10.2 Å². The molecule has 2 nitrogen and oxygen atoms in total. The van der Waals surface area contributed by atoms with Gasteiger partial charge in [-0.1, -0.05) is 12.1 Å². The number of benzene rings is 1. The average Bonchev–Trinajstić information content (AvgIpc) is 2.23. The van der Waals surface area contributed by atoms with E-state index in [4.69, 9.17) is 0 Å². The topological polar surface area (TPSA) is 15.3 Å². The highest BCUT2D eigenvalue weighted by atomic mass is 15.3. The molecule has 0 aliphatic carbocycles. The lowest BCUT2D eigenvalue weighted by Gasteiger charge is -2.49. The highest BCUT2D eigenvalue weighted by molar-refractivity contribution is 5.58. The number of aryl methyl sites for hydroxylation is 1. The number of anilines is 1. The van der Waals surface area contributed by atoms with Gasteiger partial charge in [-0.25, -0.2) is 0 Å². The van der Waals surface area contributed by atoms with E-state index in [1.807, 2.05) is 0 Å². The van der Waals surface area contributed by atoms with Crippen molar-refractivity contribution < 1.29 is 0 Å². The van der Waals surface area contributed by atoms with Gasteiger partial charge in [-0.05, 0) is 51.8 Å². The van der Waals surface area contributed by atoms with Crippen molar-refractivity contribution in [2.45, 2.75) is 46.2 Å². The van der Waals surface area contributed by atoms with Gasteiger partial charge in [-0.2, -0.15) is 0 Å². The molecule has 17 heavy (non-hydrogen) atoms. The van der Waals surface area contributed by atoms with Gasteiger partial charge in [-0.3, -0.25) is 0 Å². The van der Waals surface area contributed by atoms with Crippen LogP contribution in [0.2, 0.25) is 0 Å². The first-order valence-electron chi connectivity index (χ1n) is 6.50. The molecule has 2 rings (SSSR count). The third-order valence-corrected chi connectivity index (χ3v) is 3.93. The van der Waals surface area contributed by atoms with Crippen LogP contribution in [0, 0.1) is 13.8 Å². The van der Waals surface area contributed by atoms with Crippen LogP contribution in [0.4, 0.5) is 5.69 Å². The third kappa shape index (κ3) is 2.19. The highest BCUT2D eigenvalue weighted by Gasteiger charge is 2.34. The van der Waals surface area contributed by atoms with Crippen molar-refractivity contribution in [2.24, 2.45) is 0 Å². The Kier molecular flexibility index (Phi) is 3.17. The standard InChI is InChI=1S/C15H24N2/c1-11-7-6-8-14(13(11)3)17-12(2)9-16-10-15(17,4)5/h6-8,12,16H,9-10H2,1-5H3. The molecule has 1 aliphatic rings. The number of hydrogen-bond acceptors (Lipinski definition) is 2. The Balaban J connectivity index is 2.46. The van der Waals surface area contributed by atoms with Gasteiger partial charge in [-0.15, -0.1) is 0 Å². The zero-order valence-electron chi connectivity index (χ0n) is 11.7. The van der Waals surface area contributed by atoms with E-state index in [0.717, 1.165) is 13.1 Å². The minimum absolute atomic E-state index is 0.177. The van der Waals surface area contributed by atoms with Crippen molar-refractivity contribution in [3.63, 3.8) is 0 Å². The van der Waals surface area contributed by atoms with E-state index in [2.05, 4.69) is 63.0 Å². The van der Waals surface area contributed by atoms with Crippen LogP contribution in [0.3, 0.4) is 0 Å². The number of rotatable bonds is 1. The molecule has 0 aromatic heterocycles. The van der Waals surface area contributed by atoms with Crippen molar-refractivity contribution in [3.8, 4) is 0 Å². The van der Waals surface area contributed by atoms with E-state index >= 15 is 0 Å². The molecule has 1 aromatic rings. The molecule has 1 N–H and O–H groups in total. The SMILES string of the molecule is Cc1cccc(N2C(C)CNCC2(C)C)c1C. The minimum Gasteiger partial charge on any atom is -0.361 e. The van der Waals surface area contributed by atoms with Crippen molar-refractivity contribution >= 4 is 5.69 Å². The van der Waals surface area contributed by atoms with E-state index in [1.165, 1.54) is 16.8 Å². The number of hydrogen-bond donors (Lipinski definition) is 1. The monoisotopic (exact) mass is 232 g/mol. The predicted molar refractivity (Wildman–Crippen MR) is 74.8 cm³/mol. The lowest BCUT2D eigenvalue weighted by atomic mass is 9.93. The van der Waals surface area contributed by atoms with Gasteiger partial charge >= 0.3 is 0 Å². The lowest BCUT2D eigenvalue weighted by Crippen LogP contribution is -2.62. The third-order valence-electron chi connectivity index (χ3n) is 3.93. The van der Waals surface area contributed by atoms with Gasteiger partial charge in [0.25, 0.3) is 0 Å². The maximum atomic E-state index is 3.52. The lowest BCUT2D eigenvalue weighted by molar-refractivity contribution is 0.333. The van der Waals surface area contributed by atoms with Crippen LogP contribution in [0.15, 0.2) is 18.2 Å². The van der Waals surface area contributed by atoms with E-state index in [9.17, 15) is 0 Å². The molecule has 1 atom stereocenters. The molecule has 1 unspecified atom stereocenters. The fourth-order valence-electron chi connectivity index (χ4n) is 2.92. The van der Waals surface area contributed by atoms with E-state index in [-0.39, 0.29) is 5.54 Å². The molecule has 1 fully saturated rings. The van der Waals surface area contributed by atoms with Gasteiger partial charge in [0.2, 0.25) is 0 Å². The van der Waals surface area contributed by atoms with Gasteiger partial charge < -0.3 is 10.2 Å². The molecular formula is C15H24N2. The van der Waals surface area contributed by atoms with Gasteiger partial charge in [0.05, 0.1) is 0 Å². The smallest absolute Gasteiger partial charge is 0.0473 e. The molecule has 0 saturated carbocycles. The van der Waals surface area contributed by atoms with Crippen LogP contribution in [-0.2, 0) is 0 Å². The normalized spacial score (nSPS) is 23.8. The van der Waals surface area contributed by atoms with Crippen molar-refractivity contribution in [3.05, 3.63) is 29.3 Å². The fraction of sp³-hybridized carbons (Fsp3) is 0.600. The molecule has 0 spiro atoms. The Hall–Kier alpha value is -1.02. The van der Waals surface area contributed by atoms with Crippen molar-refractivity contribution in [2.75, 3.05) is 18.0 Å². The molecule has 1 heterocycles. The molecule has 0 bridgehead atoms. The highest BCUT2D eigenvalue weighted by Crippen LogP contribution is 2.32. The van der Waals surface area contributed by atoms with E-state index in [0.29, 0.717) is 6.04 Å². The van der Waals surface area contributed by atoms with Crippen molar-refractivity contribution in [1.29, 1.82) is 0 Å². The second-order valence-electron chi connectivity index (χ2n) is 5.88. The maximum absolute atomic E-state index is 3.52. The molecule has 1 aliphatic heterocycles. The first-order valence-corrected chi connectivity index (χ1v) is 6.50. The second kappa shape index (κ2) is 4.34. The second-order valence-corrected chi connectivity index (χ2v) is 5.88. The number of nitrogens with one attached hydrogen (secondary N) is 1. The molecule has 1 saturated heterocycles. The number of nitrogens with zero attached hydrogens (tertiary/aromatic N) is 1. The van der Waals surface area contributed by atoms with Crippen LogP contribution in [0.5, 0.6) is 0 Å². The summed E-state index contributed by atoms with van der Waals surface area (Å²) in [4.78, 5) is 2.58. The Morgan fingerprint density at radius 3 is 2.65 bits per heavy atom. The van der Waals surface area contributed by atoms with E-state index in [1.54, 1.807) is 0 Å². The first-order chi connectivity index (χ1) is 7.93. The van der Waals surface area contributed by atoms with E-state index < -0.39 is 0 Å². The number of piperazine rings is 1. The van der Waals surface area contributed by atoms with Crippen molar-refractivity contribution in [1.82, 2.24) is 5.32 Å². The van der Waals surface area contributed by atoms with Crippen LogP contribution >= 0.6 is 0 Å². The largest absolute Gasteiger partial charge is 0.361 e. The quantitative estimate of drug-likeness (QED) is 0.801. The van der Waals surface area contributed by atoms with Crippen LogP contribution in [0.1, 0.15) is 31.9 Å². The summed E-state index contributed by atoms with van der Waals surface area (Å²) in [6, 6.07) is 7.16. The Bertz CT molecular complexity index is 409. The summed E-state index contributed by atoms with van der Waals surface area (Å²) in [5.74, 6) is 0. The van der Waals surface area contributed by atoms with Gasteiger partial charge in [0.15, 0.2) is 0 Å². The average molecular weight is 232 g/mol. The Morgan fingerprint density at radius 2 is 2.00 bits per heavy atom. The summed E-state index contributed by atoms with van der Waals surface area (Å²) in [7, 11) is 0. The molecule has 94 valence electrons. The first kappa shape index (κ1) is 12.4. The summed E-state index contributed by atoms with van der Waals surface area (Å²) in [6.07, 6.45) is 0. The Labute approximate surface area is 105 Å². The summed E-state index contributed by atoms with van der Waals surface area (Å²) in [6.45, 7) is 13.5. The zero-order valence-corrected chi connectivity index (χ0v) is 11.7. The zero-order chi connectivity index (χ0) is 12.6. The fourth-order valence-corrected chi connectivity index (χ4v) is 2.92. The summed E-state index contributed by atoms with van der Waals surface area (Å²) in [5, 5.41) is 3.52. The summed E-state index contributed by atoms with van der Waals surface area (Å²) >= 11 is 0. The Morgan fingerprint density at radius 1 is 1.29 bits per heavy atom. The molecule has 0 radical (unpaired) electrons.